The minimum atomic E-state index is -1.26. The highest BCUT2D eigenvalue weighted by Crippen LogP contribution is 2.43. The number of fused-ring (bicyclic) bond motifs is 1. The van der Waals surface area contributed by atoms with Gasteiger partial charge in [-0.3, -0.25) is 9.59 Å². The quantitative estimate of drug-likeness (QED) is 0.593. The first-order valence-electron chi connectivity index (χ1n) is 10.4. The number of halogens is 2. The maximum Gasteiger partial charge on any atom is 0.335 e. The van der Waals surface area contributed by atoms with Crippen molar-refractivity contribution in [1.82, 2.24) is 9.78 Å². The fraction of sp³-hybridized carbons (Fsp3) is 0.250. The molecule has 8 heteroatoms. The molecule has 32 heavy (non-hydrogen) atoms. The second kappa shape index (κ2) is 7.67. The molecule has 2 aromatic carbocycles. The summed E-state index contributed by atoms with van der Waals surface area (Å²) in [6.45, 7) is 0. The van der Waals surface area contributed by atoms with Gasteiger partial charge in [-0.1, -0.05) is 23.7 Å². The van der Waals surface area contributed by atoms with E-state index in [-0.39, 0.29) is 40.5 Å². The van der Waals surface area contributed by atoms with E-state index in [0.717, 1.165) is 24.5 Å². The van der Waals surface area contributed by atoms with Gasteiger partial charge in [0.15, 0.2) is 5.78 Å². The smallest absolute Gasteiger partial charge is 0.335 e. The van der Waals surface area contributed by atoms with Crippen LogP contribution in [0.1, 0.15) is 73.9 Å². The molecule has 1 saturated carbocycles. The summed E-state index contributed by atoms with van der Waals surface area (Å²) in [7, 11) is 0. The fourth-order valence-electron chi connectivity index (χ4n) is 4.32. The van der Waals surface area contributed by atoms with Crippen molar-refractivity contribution in [2.45, 2.75) is 38.0 Å². The van der Waals surface area contributed by atoms with Gasteiger partial charge in [0.1, 0.15) is 11.5 Å². The van der Waals surface area contributed by atoms with Gasteiger partial charge < -0.3 is 5.11 Å². The Bertz CT molecular complexity index is 1310. The number of nitrogens with zero attached hydrogens (tertiary/aromatic N) is 2. The summed E-state index contributed by atoms with van der Waals surface area (Å²) in [6, 6.07) is 8.75. The van der Waals surface area contributed by atoms with Crippen LogP contribution in [0.4, 0.5) is 4.39 Å². The molecule has 2 aliphatic rings. The van der Waals surface area contributed by atoms with Crippen molar-refractivity contribution in [2.24, 2.45) is 0 Å². The van der Waals surface area contributed by atoms with E-state index in [2.05, 4.69) is 5.10 Å². The molecule has 5 rings (SSSR count). The van der Waals surface area contributed by atoms with Crippen LogP contribution in [0.5, 0.6) is 0 Å². The molecule has 0 amide bonds. The molecule has 0 radical (unpaired) electrons. The van der Waals surface area contributed by atoms with Crippen LogP contribution in [0, 0.1) is 5.82 Å². The van der Waals surface area contributed by atoms with Gasteiger partial charge in [0, 0.05) is 12.0 Å². The lowest BCUT2D eigenvalue weighted by Gasteiger charge is -2.15. The van der Waals surface area contributed by atoms with Crippen LogP contribution >= 0.6 is 11.6 Å². The predicted molar refractivity (Wildman–Crippen MR) is 115 cm³/mol. The largest absolute Gasteiger partial charge is 0.478 e. The summed E-state index contributed by atoms with van der Waals surface area (Å²) >= 11 is 6.41. The normalized spacial score (nSPS) is 15.5. The van der Waals surface area contributed by atoms with Crippen LogP contribution in [0.3, 0.4) is 0 Å². The summed E-state index contributed by atoms with van der Waals surface area (Å²) < 4.78 is 16.0. The van der Waals surface area contributed by atoms with Gasteiger partial charge in [0.05, 0.1) is 27.4 Å². The van der Waals surface area contributed by atoms with E-state index in [0.29, 0.717) is 29.1 Å². The molecule has 1 N–H and O–H groups in total. The number of carbonyl (C=O) groups is 3. The van der Waals surface area contributed by atoms with Gasteiger partial charge >= 0.3 is 5.97 Å². The fourth-order valence-corrected chi connectivity index (χ4v) is 4.58. The van der Waals surface area contributed by atoms with E-state index in [1.807, 2.05) is 6.07 Å². The molecule has 162 valence electrons. The zero-order valence-electron chi connectivity index (χ0n) is 16.9. The van der Waals surface area contributed by atoms with Gasteiger partial charge in [0.25, 0.3) is 5.91 Å². The Morgan fingerprint density at radius 3 is 2.62 bits per heavy atom. The van der Waals surface area contributed by atoms with E-state index >= 15 is 0 Å². The Morgan fingerprint density at radius 2 is 1.94 bits per heavy atom. The molecular weight excluding hydrogens is 435 g/mol. The monoisotopic (exact) mass is 452 g/mol. The lowest BCUT2D eigenvalue weighted by atomic mass is 9.91. The topological polar surface area (TPSA) is 89.3 Å². The Balaban J connectivity index is 1.69. The SMILES string of the molecule is O=C(O)c1ccc(-c2nn(C(=O)c3c(Cl)cccc3C3CC3)c3c2C(=O)CCC3)c(F)c1. The van der Waals surface area contributed by atoms with Crippen molar-refractivity contribution in [3.05, 3.63) is 75.2 Å². The van der Waals surface area contributed by atoms with Gasteiger partial charge in [0.2, 0.25) is 0 Å². The van der Waals surface area contributed by atoms with E-state index in [1.165, 1.54) is 16.8 Å². The average molecular weight is 453 g/mol. The molecule has 1 aromatic heterocycles. The number of ketones is 1. The van der Waals surface area contributed by atoms with E-state index in [1.54, 1.807) is 12.1 Å². The van der Waals surface area contributed by atoms with Gasteiger partial charge in [-0.25, -0.2) is 9.18 Å². The van der Waals surface area contributed by atoms with Crippen LogP contribution < -0.4 is 0 Å². The number of Topliss-reactive ketones (excluding diaryl/α,β-unsaturated/α-hetero) is 1. The predicted octanol–water partition coefficient (Wildman–Crippen LogP) is 5.13. The summed E-state index contributed by atoms with van der Waals surface area (Å²) in [6.07, 6.45) is 3.22. The molecule has 0 saturated heterocycles. The minimum Gasteiger partial charge on any atom is -0.478 e. The first kappa shape index (κ1) is 20.6. The Kier molecular flexibility index (Phi) is 4.93. The third-order valence-electron chi connectivity index (χ3n) is 6.02. The average Bonchev–Trinajstić information content (AvgIpc) is 3.54. The van der Waals surface area contributed by atoms with E-state index in [4.69, 9.17) is 16.7 Å². The molecule has 1 fully saturated rings. The number of carboxylic acids is 1. The highest BCUT2D eigenvalue weighted by atomic mass is 35.5. The van der Waals surface area contributed by atoms with Crippen LogP contribution in [-0.2, 0) is 6.42 Å². The highest BCUT2D eigenvalue weighted by molar-refractivity contribution is 6.34. The lowest BCUT2D eigenvalue weighted by Crippen LogP contribution is -2.21. The maximum absolute atomic E-state index is 14.8. The van der Waals surface area contributed by atoms with Gasteiger partial charge in [-0.05, 0) is 61.4 Å². The van der Waals surface area contributed by atoms with Crippen LogP contribution in [0.2, 0.25) is 5.02 Å². The lowest BCUT2D eigenvalue weighted by molar-refractivity contribution is 0.0695. The van der Waals surface area contributed by atoms with Crippen molar-refractivity contribution >= 4 is 29.3 Å². The molecule has 0 bridgehead atoms. The van der Waals surface area contributed by atoms with Crippen molar-refractivity contribution in [1.29, 1.82) is 0 Å². The van der Waals surface area contributed by atoms with Gasteiger partial charge in [-0.15, -0.1) is 0 Å². The second-order valence-electron chi connectivity index (χ2n) is 8.14. The number of aromatic carboxylic acids is 1. The second-order valence-corrected chi connectivity index (χ2v) is 8.55. The summed E-state index contributed by atoms with van der Waals surface area (Å²) in [5.74, 6) is -2.48. The number of aromatic nitrogens is 2. The van der Waals surface area contributed by atoms with E-state index in [9.17, 15) is 18.8 Å². The third kappa shape index (κ3) is 3.33. The Labute approximate surface area is 187 Å². The molecule has 1 heterocycles. The van der Waals surface area contributed by atoms with Crippen LogP contribution in [0.15, 0.2) is 36.4 Å². The highest BCUT2D eigenvalue weighted by Gasteiger charge is 2.34. The molecule has 0 atom stereocenters. The first-order chi connectivity index (χ1) is 15.4. The van der Waals surface area contributed by atoms with Crippen molar-refractivity contribution < 1.29 is 23.9 Å². The molecule has 6 nitrogen and oxygen atoms in total. The summed E-state index contributed by atoms with van der Waals surface area (Å²) in [4.78, 5) is 37.6. The molecule has 2 aliphatic carbocycles. The Hall–Kier alpha value is -3.32. The van der Waals surface area contributed by atoms with Crippen LogP contribution in [-0.4, -0.2) is 32.5 Å². The molecular formula is C24H18ClFN2O4. The first-order valence-corrected chi connectivity index (χ1v) is 10.8. The molecule has 3 aromatic rings. The third-order valence-corrected chi connectivity index (χ3v) is 6.33. The number of rotatable bonds is 4. The number of carboxylic acid groups (broad SMARTS) is 1. The zero-order chi connectivity index (χ0) is 22.6. The molecule has 0 spiro atoms. The number of hydrogen-bond acceptors (Lipinski definition) is 4. The van der Waals surface area contributed by atoms with E-state index < -0.39 is 17.7 Å². The number of hydrogen-bond donors (Lipinski definition) is 1. The number of carbonyl (C=O) groups excluding carboxylic acids is 2. The van der Waals surface area contributed by atoms with Crippen LogP contribution in [0.25, 0.3) is 11.3 Å². The summed E-state index contributed by atoms with van der Waals surface area (Å²) in [5, 5.41) is 13.8. The summed E-state index contributed by atoms with van der Waals surface area (Å²) in [5.41, 5.74) is 1.67. The van der Waals surface area contributed by atoms with Crippen molar-refractivity contribution in [3.63, 3.8) is 0 Å². The number of benzene rings is 2. The maximum atomic E-state index is 14.8. The molecule has 0 unspecified atom stereocenters. The zero-order valence-corrected chi connectivity index (χ0v) is 17.7. The Morgan fingerprint density at radius 1 is 1.16 bits per heavy atom. The van der Waals surface area contributed by atoms with Gasteiger partial charge in [-0.2, -0.15) is 9.78 Å². The standard InChI is InChI=1S/C24H18ClFN2O4/c25-16-4-1-3-14(12-7-8-12)20(16)23(30)28-18-5-2-6-19(29)21(18)22(27-28)15-10-9-13(24(31)32)11-17(15)26/h1,3-4,9-12H,2,5-8H2,(H,31,32). The molecule has 0 aliphatic heterocycles. The van der Waals surface area contributed by atoms with Crippen molar-refractivity contribution in [2.75, 3.05) is 0 Å². The minimum absolute atomic E-state index is 0.0189. The van der Waals surface area contributed by atoms with Crippen molar-refractivity contribution in [3.8, 4) is 11.3 Å².